The Bertz CT molecular complexity index is 1020. The zero-order valence-electron chi connectivity index (χ0n) is 16.8. The summed E-state index contributed by atoms with van der Waals surface area (Å²) >= 11 is 0. The summed E-state index contributed by atoms with van der Waals surface area (Å²) in [6.07, 6.45) is 2.13. The summed E-state index contributed by atoms with van der Waals surface area (Å²) in [5, 5.41) is 21.9. The van der Waals surface area contributed by atoms with Crippen LogP contribution in [-0.2, 0) is 9.59 Å². The molecule has 1 aliphatic rings. The summed E-state index contributed by atoms with van der Waals surface area (Å²) in [5.41, 5.74) is 5.80. The minimum atomic E-state index is -0.250. The number of anilines is 1. The molecule has 1 unspecified atom stereocenters. The highest BCUT2D eigenvalue weighted by Crippen LogP contribution is 2.43. The van der Waals surface area contributed by atoms with Crippen molar-refractivity contribution in [2.75, 3.05) is 5.32 Å². The van der Waals surface area contributed by atoms with Gasteiger partial charge in [0.1, 0.15) is 0 Å². The largest absolute Gasteiger partial charge is 0.483 e. The van der Waals surface area contributed by atoms with Crippen molar-refractivity contribution in [1.82, 2.24) is 25.0 Å². The Kier molecular flexibility index (Phi) is 5.76. The maximum Gasteiger partial charge on any atom is 0.290 e. The van der Waals surface area contributed by atoms with Crippen LogP contribution in [0.4, 0.5) is 5.82 Å². The topological polar surface area (TPSA) is 126 Å². The number of aromatic amines is 1. The Hall–Kier alpha value is -3.49. The van der Waals surface area contributed by atoms with Gasteiger partial charge in [-0.05, 0) is 39.8 Å². The van der Waals surface area contributed by atoms with Gasteiger partial charge in [0.05, 0.1) is 17.1 Å². The summed E-state index contributed by atoms with van der Waals surface area (Å²) < 4.78 is 2.03. The fraction of sp³-hybridized carbons (Fsp3) is 0.350. The number of hydrogen-bond acceptors (Lipinski definition) is 5. The van der Waals surface area contributed by atoms with Crippen LogP contribution >= 0.6 is 0 Å². The van der Waals surface area contributed by atoms with Crippen LogP contribution in [0.2, 0.25) is 0 Å². The van der Waals surface area contributed by atoms with Crippen LogP contribution < -0.4 is 5.32 Å². The minimum Gasteiger partial charge on any atom is -0.483 e. The third kappa shape index (κ3) is 3.75. The number of carbonyl (C=O) groups is 2. The van der Waals surface area contributed by atoms with Crippen molar-refractivity contribution in [2.45, 2.75) is 46.1 Å². The van der Waals surface area contributed by atoms with Crippen molar-refractivity contribution in [1.29, 1.82) is 0 Å². The van der Waals surface area contributed by atoms with Gasteiger partial charge >= 0.3 is 0 Å². The minimum absolute atomic E-state index is 0.0299. The molecule has 0 spiro atoms. The molecule has 29 heavy (non-hydrogen) atoms. The molecule has 3 aromatic rings. The number of nitrogens with one attached hydrogen (secondary N) is 2. The molecular weight excluding hydrogens is 372 g/mol. The van der Waals surface area contributed by atoms with Crippen LogP contribution in [0.5, 0.6) is 0 Å². The molecule has 9 heteroatoms. The van der Waals surface area contributed by atoms with Crippen molar-refractivity contribution in [2.24, 2.45) is 0 Å². The number of nitrogens with zero attached hydrogens (tertiary/aromatic N) is 4. The summed E-state index contributed by atoms with van der Waals surface area (Å²) in [7, 11) is 0. The second-order valence-corrected chi connectivity index (χ2v) is 7.11. The highest BCUT2D eigenvalue weighted by molar-refractivity contribution is 5.96. The Morgan fingerprint density at radius 3 is 2.59 bits per heavy atom. The molecule has 152 valence electrons. The van der Waals surface area contributed by atoms with E-state index in [0.29, 0.717) is 12.2 Å². The fourth-order valence-corrected chi connectivity index (χ4v) is 3.89. The van der Waals surface area contributed by atoms with Crippen LogP contribution in [0, 0.1) is 13.8 Å². The molecule has 0 saturated carbocycles. The molecule has 0 radical (unpaired) electrons. The first kappa shape index (κ1) is 20.2. The van der Waals surface area contributed by atoms with E-state index in [0.717, 1.165) is 33.9 Å². The lowest BCUT2D eigenvalue weighted by Gasteiger charge is -2.24. The Labute approximate surface area is 168 Å². The average Bonchev–Trinajstić information content (AvgIpc) is 3.23. The third-order valence-corrected chi connectivity index (χ3v) is 4.94. The number of hydrogen-bond donors (Lipinski definition) is 3. The zero-order chi connectivity index (χ0) is 21.1. The maximum atomic E-state index is 12.3. The number of fused-ring (bicyclic) bond motifs is 1. The molecule has 3 aromatic heterocycles. The van der Waals surface area contributed by atoms with Crippen molar-refractivity contribution >= 4 is 18.2 Å². The number of aryl methyl sites for hydroxylation is 1. The van der Waals surface area contributed by atoms with Crippen molar-refractivity contribution in [3.63, 3.8) is 0 Å². The van der Waals surface area contributed by atoms with Crippen LogP contribution in [0.25, 0.3) is 11.4 Å². The monoisotopic (exact) mass is 396 g/mol. The average molecular weight is 396 g/mol. The number of carbonyl (C=O) groups excluding carboxylic acids is 1. The molecule has 1 aliphatic heterocycles. The summed E-state index contributed by atoms with van der Waals surface area (Å²) in [6, 6.07) is 6.03. The number of rotatable bonds is 3. The number of carboxylic acid groups (broad SMARTS) is 1. The van der Waals surface area contributed by atoms with Crippen molar-refractivity contribution in [3.8, 4) is 11.4 Å². The summed E-state index contributed by atoms with van der Waals surface area (Å²) in [6.45, 7) is 8.05. The molecular formula is C20H24N6O3. The molecule has 0 aliphatic carbocycles. The maximum absolute atomic E-state index is 12.3. The third-order valence-electron chi connectivity index (χ3n) is 4.94. The number of amides is 1. The first-order valence-electron chi connectivity index (χ1n) is 9.31. The van der Waals surface area contributed by atoms with E-state index in [1.165, 1.54) is 0 Å². The van der Waals surface area contributed by atoms with E-state index in [1.54, 1.807) is 6.20 Å². The van der Waals surface area contributed by atoms with E-state index >= 15 is 0 Å². The van der Waals surface area contributed by atoms with E-state index in [9.17, 15) is 4.79 Å². The molecule has 1 amide bonds. The van der Waals surface area contributed by atoms with Crippen LogP contribution in [-0.4, -0.2) is 42.4 Å². The van der Waals surface area contributed by atoms with Crippen molar-refractivity contribution in [3.05, 3.63) is 46.9 Å². The smallest absolute Gasteiger partial charge is 0.290 e. The highest BCUT2D eigenvalue weighted by Gasteiger charge is 2.35. The van der Waals surface area contributed by atoms with Gasteiger partial charge in [-0.3, -0.25) is 24.4 Å². The van der Waals surface area contributed by atoms with Gasteiger partial charge in [0.2, 0.25) is 5.91 Å². The van der Waals surface area contributed by atoms with Crippen LogP contribution in [0.15, 0.2) is 24.4 Å². The summed E-state index contributed by atoms with van der Waals surface area (Å²) in [4.78, 5) is 25.1. The zero-order valence-corrected chi connectivity index (χ0v) is 16.8. The number of pyridine rings is 1. The van der Waals surface area contributed by atoms with Gasteiger partial charge in [-0.25, -0.2) is 0 Å². The lowest BCUT2D eigenvalue weighted by atomic mass is 9.84. The lowest BCUT2D eigenvalue weighted by Crippen LogP contribution is -2.24. The van der Waals surface area contributed by atoms with Crippen LogP contribution in [0.1, 0.15) is 54.7 Å². The second kappa shape index (κ2) is 8.26. The molecule has 1 atom stereocenters. The van der Waals surface area contributed by atoms with Gasteiger partial charge in [0, 0.05) is 41.4 Å². The second-order valence-electron chi connectivity index (χ2n) is 7.11. The molecule has 3 N–H and O–H groups in total. The molecule has 0 saturated heterocycles. The van der Waals surface area contributed by atoms with Gasteiger partial charge in [-0.2, -0.15) is 10.2 Å². The van der Waals surface area contributed by atoms with E-state index in [2.05, 4.69) is 41.3 Å². The van der Waals surface area contributed by atoms with E-state index < -0.39 is 0 Å². The van der Waals surface area contributed by atoms with Gasteiger partial charge in [-0.15, -0.1) is 0 Å². The van der Waals surface area contributed by atoms with Crippen molar-refractivity contribution < 1.29 is 14.7 Å². The predicted molar refractivity (Wildman–Crippen MR) is 108 cm³/mol. The van der Waals surface area contributed by atoms with E-state index in [4.69, 9.17) is 15.0 Å². The van der Waals surface area contributed by atoms with E-state index in [-0.39, 0.29) is 24.3 Å². The first-order valence-corrected chi connectivity index (χ1v) is 9.31. The highest BCUT2D eigenvalue weighted by atomic mass is 16.3. The standard InChI is InChI=1S/C19H22N6O.CH2O2/c1-10(2)25-12(4)16(11(3)24-25)13-9-15(26)21-19-17(13)18(22-23-19)14-7-5-6-8-20-14;2-1-3/h5-8,10,13H,9H2,1-4H3,(H2,21,22,23,26);1H,(H,2,3). The van der Waals surface area contributed by atoms with Crippen LogP contribution in [0.3, 0.4) is 0 Å². The Morgan fingerprint density at radius 1 is 1.28 bits per heavy atom. The first-order chi connectivity index (χ1) is 13.9. The molecule has 0 bridgehead atoms. The van der Waals surface area contributed by atoms with Gasteiger partial charge < -0.3 is 10.4 Å². The molecule has 4 heterocycles. The Balaban J connectivity index is 0.000000755. The molecule has 4 rings (SSSR count). The Morgan fingerprint density at radius 2 is 2.00 bits per heavy atom. The number of aromatic nitrogens is 5. The fourth-order valence-electron chi connectivity index (χ4n) is 3.89. The predicted octanol–water partition coefficient (Wildman–Crippen LogP) is 3.04. The summed E-state index contributed by atoms with van der Waals surface area (Å²) in [5.74, 6) is 0.461. The quantitative estimate of drug-likeness (QED) is 0.584. The molecule has 9 nitrogen and oxygen atoms in total. The lowest BCUT2D eigenvalue weighted by molar-refractivity contribution is -0.123. The number of H-pyrrole nitrogens is 1. The van der Waals surface area contributed by atoms with E-state index in [1.807, 2.05) is 29.8 Å². The van der Waals surface area contributed by atoms with Gasteiger partial charge in [0.15, 0.2) is 5.82 Å². The molecule has 0 fully saturated rings. The normalized spacial score (nSPS) is 15.3. The van der Waals surface area contributed by atoms with Gasteiger partial charge in [-0.1, -0.05) is 6.07 Å². The SMILES string of the molecule is Cc1nn(C(C)C)c(C)c1C1CC(=O)Nc2n[nH]c(-c3ccccn3)c21.O=CO. The molecule has 0 aromatic carbocycles. The van der Waals surface area contributed by atoms with Gasteiger partial charge in [0.25, 0.3) is 6.47 Å².